The Balaban J connectivity index is 2.13. The standard InChI is InChI=1S/C19H18N2O2S/c1-13-16(18(22)23-2)17(14-9-5-3-6-10-14)20-19(24)21(13)15-11-7-4-8-12-15/h3-12,17H,1-2H3,(H,20,24)/t17-/m0/s1. The van der Waals surface area contributed by atoms with Crippen LogP contribution in [0.1, 0.15) is 18.5 Å². The van der Waals surface area contributed by atoms with Crippen LogP contribution < -0.4 is 10.2 Å². The highest BCUT2D eigenvalue weighted by molar-refractivity contribution is 7.80. The molecule has 0 amide bonds. The molecular formula is C19H18N2O2S. The zero-order valence-electron chi connectivity index (χ0n) is 13.5. The SMILES string of the molecule is COC(=O)C1=C(C)N(c2ccccc2)C(=S)N[C@H]1c1ccccc1. The number of hydrogen-bond donors (Lipinski definition) is 1. The second-order valence-electron chi connectivity index (χ2n) is 5.45. The Bertz CT molecular complexity index is 788. The van der Waals surface area contributed by atoms with Crippen molar-refractivity contribution in [1.29, 1.82) is 0 Å². The second-order valence-corrected chi connectivity index (χ2v) is 5.84. The van der Waals surface area contributed by atoms with Crippen LogP contribution in [0.5, 0.6) is 0 Å². The first-order chi connectivity index (χ1) is 11.6. The number of nitrogens with zero attached hydrogens (tertiary/aromatic N) is 1. The van der Waals surface area contributed by atoms with E-state index in [0.717, 1.165) is 16.9 Å². The number of methoxy groups -OCH3 is 1. The molecular weight excluding hydrogens is 320 g/mol. The van der Waals surface area contributed by atoms with Crippen molar-refractivity contribution in [1.82, 2.24) is 5.32 Å². The molecule has 0 saturated heterocycles. The quantitative estimate of drug-likeness (QED) is 0.684. The van der Waals surface area contributed by atoms with E-state index in [-0.39, 0.29) is 12.0 Å². The predicted octanol–water partition coefficient (Wildman–Crippen LogP) is 3.57. The molecule has 24 heavy (non-hydrogen) atoms. The summed E-state index contributed by atoms with van der Waals surface area (Å²) in [4.78, 5) is 14.3. The summed E-state index contributed by atoms with van der Waals surface area (Å²) in [5.74, 6) is -0.364. The molecule has 0 saturated carbocycles. The minimum absolute atomic E-state index is 0.328. The van der Waals surface area contributed by atoms with Crippen LogP contribution in [0.25, 0.3) is 0 Å². The summed E-state index contributed by atoms with van der Waals surface area (Å²) >= 11 is 5.57. The Hall–Kier alpha value is -2.66. The molecule has 1 aliphatic rings. The third-order valence-electron chi connectivity index (χ3n) is 4.04. The van der Waals surface area contributed by atoms with Gasteiger partial charge in [-0.25, -0.2) is 4.79 Å². The third kappa shape index (κ3) is 2.90. The van der Waals surface area contributed by atoms with E-state index in [0.29, 0.717) is 10.7 Å². The van der Waals surface area contributed by atoms with Crippen LogP contribution >= 0.6 is 12.2 Å². The van der Waals surface area contributed by atoms with Gasteiger partial charge in [-0.2, -0.15) is 0 Å². The van der Waals surface area contributed by atoms with Crippen molar-refractivity contribution < 1.29 is 9.53 Å². The van der Waals surface area contributed by atoms with E-state index in [4.69, 9.17) is 17.0 Å². The number of esters is 1. The van der Waals surface area contributed by atoms with Gasteiger partial charge in [0.2, 0.25) is 0 Å². The summed E-state index contributed by atoms with van der Waals surface area (Å²) in [6.45, 7) is 1.89. The summed E-state index contributed by atoms with van der Waals surface area (Å²) in [5, 5.41) is 3.83. The molecule has 122 valence electrons. The average Bonchev–Trinajstić information content (AvgIpc) is 2.62. The summed E-state index contributed by atoms with van der Waals surface area (Å²) < 4.78 is 5.02. The molecule has 0 unspecified atom stereocenters. The summed E-state index contributed by atoms with van der Waals surface area (Å²) in [7, 11) is 1.39. The number of allylic oxidation sites excluding steroid dienone is 1. The molecule has 4 nitrogen and oxygen atoms in total. The average molecular weight is 338 g/mol. The topological polar surface area (TPSA) is 41.6 Å². The van der Waals surface area contributed by atoms with E-state index in [2.05, 4.69) is 5.32 Å². The minimum Gasteiger partial charge on any atom is -0.466 e. The van der Waals surface area contributed by atoms with Gasteiger partial charge in [0.05, 0.1) is 18.7 Å². The number of anilines is 1. The molecule has 1 atom stereocenters. The number of benzene rings is 2. The highest BCUT2D eigenvalue weighted by Gasteiger charge is 2.34. The van der Waals surface area contributed by atoms with Gasteiger partial charge in [0.25, 0.3) is 0 Å². The van der Waals surface area contributed by atoms with Crippen molar-refractivity contribution in [3.63, 3.8) is 0 Å². The molecule has 2 aromatic rings. The number of carbonyl (C=O) groups is 1. The van der Waals surface area contributed by atoms with Crippen LogP contribution in [-0.2, 0) is 9.53 Å². The van der Waals surface area contributed by atoms with Gasteiger partial charge in [0, 0.05) is 11.4 Å². The zero-order valence-corrected chi connectivity index (χ0v) is 14.3. The lowest BCUT2D eigenvalue weighted by Crippen LogP contribution is -2.48. The number of nitrogens with one attached hydrogen (secondary N) is 1. The van der Waals surface area contributed by atoms with Crippen molar-refractivity contribution in [3.8, 4) is 0 Å². The third-order valence-corrected chi connectivity index (χ3v) is 4.34. The molecule has 0 aromatic heterocycles. The number of carbonyl (C=O) groups excluding carboxylic acids is 1. The van der Waals surface area contributed by atoms with E-state index in [1.165, 1.54) is 7.11 Å². The van der Waals surface area contributed by atoms with Crippen molar-refractivity contribution in [2.45, 2.75) is 13.0 Å². The normalized spacial score (nSPS) is 17.5. The molecule has 3 rings (SSSR count). The number of thiocarbonyl (C=S) groups is 1. The molecule has 1 aliphatic heterocycles. The van der Waals surface area contributed by atoms with Crippen LogP contribution in [0, 0.1) is 0 Å². The highest BCUT2D eigenvalue weighted by Crippen LogP contribution is 2.33. The summed E-state index contributed by atoms with van der Waals surface area (Å²) in [6.07, 6.45) is 0. The first-order valence-corrected chi connectivity index (χ1v) is 8.04. The van der Waals surface area contributed by atoms with Gasteiger partial charge in [-0.1, -0.05) is 48.5 Å². The molecule has 0 spiro atoms. The second kappa shape index (κ2) is 6.84. The molecule has 0 radical (unpaired) electrons. The van der Waals surface area contributed by atoms with E-state index < -0.39 is 0 Å². The fourth-order valence-corrected chi connectivity index (χ4v) is 3.26. The lowest BCUT2D eigenvalue weighted by atomic mass is 9.95. The van der Waals surface area contributed by atoms with Gasteiger partial charge >= 0.3 is 5.97 Å². The molecule has 5 heteroatoms. The number of para-hydroxylation sites is 1. The van der Waals surface area contributed by atoms with E-state index >= 15 is 0 Å². The van der Waals surface area contributed by atoms with E-state index in [1.54, 1.807) is 0 Å². The summed E-state index contributed by atoms with van der Waals surface area (Å²) in [5.41, 5.74) is 3.19. The van der Waals surface area contributed by atoms with Crippen LogP contribution in [0.2, 0.25) is 0 Å². The molecule has 2 aromatic carbocycles. The van der Waals surface area contributed by atoms with Crippen LogP contribution in [-0.4, -0.2) is 18.2 Å². The Morgan fingerprint density at radius 3 is 2.25 bits per heavy atom. The van der Waals surface area contributed by atoms with Crippen LogP contribution in [0.4, 0.5) is 5.69 Å². The number of ether oxygens (including phenoxy) is 1. The van der Waals surface area contributed by atoms with Crippen molar-refractivity contribution in [3.05, 3.63) is 77.5 Å². The fourth-order valence-electron chi connectivity index (χ4n) is 2.90. The number of hydrogen-bond acceptors (Lipinski definition) is 3. The Morgan fingerprint density at radius 2 is 1.67 bits per heavy atom. The predicted molar refractivity (Wildman–Crippen MR) is 98.6 cm³/mol. The maximum absolute atomic E-state index is 12.5. The smallest absolute Gasteiger partial charge is 0.337 e. The van der Waals surface area contributed by atoms with Crippen LogP contribution in [0.15, 0.2) is 71.9 Å². The molecule has 1 heterocycles. The molecule has 0 fully saturated rings. The Kier molecular flexibility index (Phi) is 4.62. The van der Waals surface area contributed by atoms with E-state index in [9.17, 15) is 4.79 Å². The first kappa shape index (κ1) is 16.2. The van der Waals surface area contributed by atoms with Gasteiger partial charge < -0.3 is 10.1 Å². The van der Waals surface area contributed by atoms with Gasteiger partial charge in [-0.3, -0.25) is 4.90 Å². The monoisotopic (exact) mass is 338 g/mol. The van der Waals surface area contributed by atoms with Gasteiger partial charge in [-0.05, 0) is 36.8 Å². The summed E-state index contributed by atoms with van der Waals surface area (Å²) in [6, 6.07) is 19.1. The number of rotatable bonds is 3. The highest BCUT2D eigenvalue weighted by atomic mass is 32.1. The molecule has 0 bridgehead atoms. The maximum atomic E-state index is 12.5. The first-order valence-electron chi connectivity index (χ1n) is 7.63. The van der Waals surface area contributed by atoms with Gasteiger partial charge in [0.1, 0.15) is 0 Å². The van der Waals surface area contributed by atoms with Crippen LogP contribution in [0.3, 0.4) is 0 Å². The fraction of sp³-hybridized carbons (Fsp3) is 0.158. The van der Waals surface area contributed by atoms with Crippen molar-refractivity contribution >= 4 is 29.0 Å². The molecule has 0 aliphatic carbocycles. The van der Waals surface area contributed by atoms with Gasteiger partial charge in [-0.15, -0.1) is 0 Å². The lowest BCUT2D eigenvalue weighted by molar-refractivity contribution is -0.136. The Labute approximate surface area is 146 Å². The zero-order chi connectivity index (χ0) is 17.1. The largest absolute Gasteiger partial charge is 0.466 e. The van der Waals surface area contributed by atoms with E-state index in [1.807, 2.05) is 72.5 Å². The Morgan fingerprint density at radius 1 is 1.08 bits per heavy atom. The van der Waals surface area contributed by atoms with Gasteiger partial charge in [0.15, 0.2) is 5.11 Å². The van der Waals surface area contributed by atoms with Crippen molar-refractivity contribution in [2.75, 3.05) is 12.0 Å². The lowest BCUT2D eigenvalue weighted by Gasteiger charge is -2.37. The molecule has 1 N–H and O–H groups in total. The van der Waals surface area contributed by atoms with Crippen molar-refractivity contribution in [2.24, 2.45) is 0 Å². The minimum atomic E-state index is -0.364. The maximum Gasteiger partial charge on any atom is 0.337 e.